The van der Waals surface area contributed by atoms with Crippen molar-refractivity contribution in [3.63, 3.8) is 0 Å². The maximum Gasteiger partial charge on any atom is 0.253 e. The van der Waals surface area contributed by atoms with Crippen molar-refractivity contribution in [2.45, 2.75) is 81.3 Å². The van der Waals surface area contributed by atoms with Crippen molar-refractivity contribution in [2.75, 3.05) is 34.7 Å². The van der Waals surface area contributed by atoms with Crippen LogP contribution in [0.15, 0.2) is 55.3 Å². The van der Waals surface area contributed by atoms with Crippen LogP contribution in [0.3, 0.4) is 0 Å². The number of aryl methyl sites for hydroxylation is 2. The molecule has 3 aliphatic carbocycles. The van der Waals surface area contributed by atoms with Crippen LogP contribution in [0.1, 0.15) is 89.4 Å². The smallest absolute Gasteiger partial charge is 0.253 e. The lowest BCUT2D eigenvalue weighted by Gasteiger charge is -2.43. The fourth-order valence-electron chi connectivity index (χ4n) is 9.35. The third-order valence-electron chi connectivity index (χ3n) is 12.1. The fourth-order valence-corrected chi connectivity index (χ4v) is 9.35. The van der Waals surface area contributed by atoms with Crippen LogP contribution in [-0.4, -0.2) is 93.6 Å². The standard InChI is InChI=1S/C39H49N9O/c1-24(48-31(21-40)20-32-25(2)35(32)48)22-41-38(16-8-9-17-38)23-39(37-42-44-45-43-37)33-14-12-27(26(3)46(4)5)18-28(33)10-11-29-19-30(13-15-34(29)39)36(49)47(6)7/h12-15,18-19,25,31-32,35,41H,1,3,8-11,16-17,20,22-23H2,2,4-7H3,(H,42,43,44,45)/t25-,31?,32+,35-,39?/m0/s1. The van der Waals surface area contributed by atoms with Crippen molar-refractivity contribution in [3.8, 4) is 6.07 Å². The predicted molar refractivity (Wildman–Crippen MR) is 190 cm³/mol. The van der Waals surface area contributed by atoms with Crippen LogP contribution in [0.25, 0.3) is 5.70 Å². The molecule has 0 radical (unpaired) electrons. The molecule has 0 spiro atoms. The van der Waals surface area contributed by atoms with Crippen LogP contribution in [0.5, 0.6) is 0 Å². The maximum atomic E-state index is 13.2. The molecule has 2 saturated carbocycles. The average molecular weight is 660 g/mol. The van der Waals surface area contributed by atoms with Gasteiger partial charge in [-0.2, -0.15) is 10.5 Å². The summed E-state index contributed by atoms with van der Waals surface area (Å²) in [6.07, 6.45) is 7.46. The topological polar surface area (TPSA) is 117 Å². The van der Waals surface area contributed by atoms with E-state index in [9.17, 15) is 10.1 Å². The number of nitrogens with zero attached hydrogens (tertiary/aromatic N) is 7. The molecule has 10 nitrogen and oxygen atoms in total. The van der Waals surface area contributed by atoms with Gasteiger partial charge in [-0.15, -0.1) is 10.2 Å². The van der Waals surface area contributed by atoms with Crippen LogP contribution >= 0.6 is 0 Å². The summed E-state index contributed by atoms with van der Waals surface area (Å²) in [5, 5.41) is 30.5. The number of carbonyl (C=O) groups is 1. The molecule has 2 aromatic carbocycles. The zero-order valence-electron chi connectivity index (χ0n) is 29.6. The van der Waals surface area contributed by atoms with Crippen LogP contribution in [0.4, 0.5) is 0 Å². The number of nitrogens with one attached hydrogen (secondary N) is 2. The number of carbonyl (C=O) groups excluding carboxylic acids is 1. The van der Waals surface area contributed by atoms with E-state index in [4.69, 9.17) is 10.2 Å². The molecule has 1 aliphatic heterocycles. The van der Waals surface area contributed by atoms with Crippen molar-refractivity contribution >= 4 is 11.6 Å². The molecule has 4 aliphatic rings. The van der Waals surface area contributed by atoms with Gasteiger partial charge in [-0.1, -0.05) is 56.3 Å². The van der Waals surface area contributed by atoms with E-state index >= 15 is 0 Å². The number of hydrogen-bond donors (Lipinski definition) is 2. The Morgan fingerprint density at radius 1 is 1.04 bits per heavy atom. The first-order valence-electron chi connectivity index (χ1n) is 17.7. The molecule has 2 N–H and O–H groups in total. The van der Waals surface area contributed by atoms with Gasteiger partial charge >= 0.3 is 0 Å². The highest BCUT2D eigenvalue weighted by atomic mass is 16.2. The van der Waals surface area contributed by atoms with Gasteiger partial charge in [0.15, 0.2) is 5.82 Å². The third-order valence-corrected chi connectivity index (χ3v) is 12.1. The van der Waals surface area contributed by atoms with Crippen LogP contribution in [0, 0.1) is 23.2 Å². The summed E-state index contributed by atoms with van der Waals surface area (Å²) in [7, 11) is 7.62. The van der Waals surface area contributed by atoms with Crippen molar-refractivity contribution in [1.82, 2.24) is 40.6 Å². The SMILES string of the molecule is C=C(c1ccc2c(c1)CCc1cc(C(=O)N(C)C)ccc1C2(CC1(NCC(=C)N2C(C#N)C[C@@H]3[C@H](C)[C@@H]32)CCCC1)c1nn[nH]n1)N(C)C. The Hall–Kier alpha value is -4.49. The molecule has 2 unspecified atom stereocenters. The minimum Gasteiger partial charge on any atom is -0.378 e. The molecule has 0 bridgehead atoms. The minimum absolute atomic E-state index is 0.0171. The van der Waals surface area contributed by atoms with Gasteiger partial charge in [0.25, 0.3) is 5.91 Å². The van der Waals surface area contributed by atoms with Crippen LogP contribution in [-0.2, 0) is 18.3 Å². The Morgan fingerprint density at radius 3 is 2.29 bits per heavy atom. The van der Waals surface area contributed by atoms with Gasteiger partial charge in [0.1, 0.15) is 6.04 Å². The van der Waals surface area contributed by atoms with Gasteiger partial charge in [-0.05, 0) is 96.4 Å². The highest BCUT2D eigenvalue weighted by Gasteiger charge is 2.59. The van der Waals surface area contributed by atoms with Crippen LogP contribution < -0.4 is 5.32 Å². The summed E-state index contributed by atoms with van der Waals surface area (Å²) in [6, 6.07) is 15.8. The van der Waals surface area contributed by atoms with Gasteiger partial charge in [0.05, 0.1) is 11.5 Å². The number of rotatable bonds is 10. The number of tetrazole rings is 1. The van der Waals surface area contributed by atoms with E-state index in [1.165, 1.54) is 11.1 Å². The van der Waals surface area contributed by atoms with E-state index in [-0.39, 0.29) is 17.5 Å². The molecule has 5 atom stereocenters. The minimum atomic E-state index is -0.747. The zero-order chi connectivity index (χ0) is 34.7. The number of H-pyrrole nitrogens is 1. The molecule has 1 saturated heterocycles. The van der Waals surface area contributed by atoms with Crippen molar-refractivity contribution < 1.29 is 4.79 Å². The Balaban J connectivity index is 1.35. The molecule has 1 amide bonds. The summed E-state index contributed by atoms with van der Waals surface area (Å²) in [6.45, 7) is 11.8. The molecule has 7 rings (SSSR count). The summed E-state index contributed by atoms with van der Waals surface area (Å²) in [5.41, 5.74) is 7.35. The lowest BCUT2D eigenvalue weighted by Crippen LogP contribution is -2.51. The Bertz CT molecular complexity index is 1740. The van der Waals surface area contributed by atoms with Gasteiger partial charge in [0.2, 0.25) is 0 Å². The number of hydrogen-bond acceptors (Lipinski definition) is 8. The highest BCUT2D eigenvalue weighted by Crippen LogP contribution is 2.55. The second kappa shape index (κ2) is 12.4. The first-order valence-corrected chi connectivity index (χ1v) is 17.7. The van der Waals surface area contributed by atoms with E-state index in [2.05, 4.69) is 77.1 Å². The predicted octanol–water partition coefficient (Wildman–Crippen LogP) is 4.91. The Labute approximate surface area is 290 Å². The number of likely N-dealkylation sites (tertiary alicyclic amines) is 1. The van der Waals surface area contributed by atoms with Crippen molar-refractivity contribution in [1.29, 1.82) is 5.26 Å². The Kier molecular flexibility index (Phi) is 8.38. The second-order valence-electron chi connectivity index (χ2n) is 15.3. The zero-order valence-corrected chi connectivity index (χ0v) is 29.6. The quantitative estimate of drug-likeness (QED) is 0.316. The first kappa shape index (κ1) is 33.0. The largest absolute Gasteiger partial charge is 0.378 e. The average Bonchev–Trinajstić information content (AvgIpc) is 3.61. The molecule has 3 aromatic rings. The summed E-state index contributed by atoms with van der Waals surface area (Å²) in [5.74, 6) is 1.82. The molecular weight excluding hydrogens is 610 g/mol. The van der Waals surface area contributed by atoms with Gasteiger partial charge in [-0.25, -0.2) is 0 Å². The lowest BCUT2D eigenvalue weighted by atomic mass is 9.64. The number of aromatic amines is 1. The monoisotopic (exact) mass is 659 g/mol. The highest BCUT2D eigenvalue weighted by molar-refractivity contribution is 5.94. The number of piperidine rings is 1. The molecule has 49 heavy (non-hydrogen) atoms. The third kappa shape index (κ3) is 5.52. The van der Waals surface area contributed by atoms with Crippen LogP contribution in [0.2, 0.25) is 0 Å². The molecule has 3 fully saturated rings. The molecule has 256 valence electrons. The van der Waals surface area contributed by atoms with E-state index in [1.54, 1.807) is 19.0 Å². The summed E-state index contributed by atoms with van der Waals surface area (Å²) < 4.78 is 0. The summed E-state index contributed by atoms with van der Waals surface area (Å²) in [4.78, 5) is 19.2. The van der Waals surface area contributed by atoms with Crippen molar-refractivity contribution in [2.24, 2.45) is 11.8 Å². The van der Waals surface area contributed by atoms with Gasteiger partial charge in [0, 0.05) is 63.3 Å². The number of amides is 1. The summed E-state index contributed by atoms with van der Waals surface area (Å²) >= 11 is 0. The molecule has 10 heteroatoms. The normalized spacial score (nSPS) is 26.2. The lowest BCUT2D eigenvalue weighted by molar-refractivity contribution is 0.0827. The van der Waals surface area contributed by atoms with Gasteiger partial charge < -0.3 is 20.0 Å². The molecular formula is C39H49N9O. The number of fused-ring (bicyclic) bond motifs is 3. The molecule has 1 aromatic heterocycles. The number of aromatic nitrogens is 4. The van der Waals surface area contributed by atoms with E-state index < -0.39 is 5.41 Å². The molecule has 2 heterocycles. The van der Waals surface area contributed by atoms with E-state index in [0.29, 0.717) is 42.2 Å². The van der Waals surface area contributed by atoms with E-state index in [1.807, 2.05) is 25.1 Å². The number of nitriles is 1. The maximum absolute atomic E-state index is 13.2. The Morgan fingerprint density at radius 2 is 1.69 bits per heavy atom. The van der Waals surface area contributed by atoms with Gasteiger partial charge in [-0.3, -0.25) is 4.79 Å². The fraction of sp³-hybridized carbons (Fsp3) is 0.513. The first-order chi connectivity index (χ1) is 23.5. The second-order valence-corrected chi connectivity index (χ2v) is 15.3. The van der Waals surface area contributed by atoms with Crippen molar-refractivity contribution in [3.05, 3.63) is 94.5 Å². The van der Waals surface area contributed by atoms with E-state index in [0.717, 1.165) is 73.0 Å². The number of benzene rings is 2.